The summed E-state index contributed by atoms with van der Waals surface area (Å²) in [5.41, 5.74) is 1.41. The van der Waals surface area contributed by atoms with Crippen LogP contribution in [-0.2, 0) is 4.74 Å². The molecule has 0 unspecified atom stereocenters. The Balaban J connectivity index is 2.29. The van der Waals surface area contributed by atoms with Crippen LogP contribution in [-0.4, -0.2) is 6.61 Å². The van der Waals surface area contributed by atoms with E-state index in [0.29, 0.717) is 0 Å². The molecule has 1 aliphatic heterocycles. The lowest BCUT2D eigenvalue weighted by Crippen LogP contribution is -2.10. The van der Waals surface area contributed by atoms with Gasteiger partial charge in [0.25, 0.3) is 0 Å². The van der Waals surface area contributed by atoms with Gasteiger partial charge in [-0.05, 0) is 31.3 Å². The zero-order valence-corrected chi connectivity index (χ0v) is 7.99. The van der Waals surface area contributed by atoms with Gasteiger partial charge in [0.05, 0.1) is 6.61 Å². The topological polar surface area (TPSA) is 9.23 Å². The van der Waals surface area contributed by atoms with Gasteiger partial charge in [-0.1, -0.05) is 22.0 Å². The minimum absolute atomic E-state index is 0.891. The summed E-state index contributed by atoms with van der Waals surface area (Å²) < 4.78 is 6.82. The molecule has 0 aromatic carbocycles. The van der Waals surface area contributed by atoms with Crippen molar-refractivity contribution in [3.63, 3.8) is 0 Å². The highest BCUT2D eigenvalue weighted by Gasteiger charge is 2.18. The lowest BCUT2D eigenvalue weighted by Gasteiger charge is -2.24. The quantitative estimate of drug-likeness (QED) is 0.603. The van der Waals surface area contributed by atoms with E-state index in [2.05, 4.69) is 22.0 Å². The van der Waals surface area contributed by atoms with Crippen LogP contribution in [0.25, 0.3) is 0 Å². The summed E-state index contributed by atoms with van der Waals surface area (Å²) in [6.07, 6.45) is 6.96. The Hall–Kier alpha value is -0.240. The summed E-state index contributed by atoms with van der Waals surface area (Å²) in [7, 11) is 0. The van der Waals surface area contributed by atoms with Crippen molar-refractivity contribution in [3.8, 4) is 0 Å². The Bertz CT molecular complexity index is 228. The van der Waals surface area contributed by atoms with Crippen LogP contribution >= 0.6 is 15.9 Å². The van der Waals surface area contributed by atoms with E-state index in [9.17, 15) is 0 Å². The van der Waals surface area contributed by atoms with E-state index >= 15 is 0 Å². The molecule has 0 N–H and O–H groups in total. The predicted octanol–water partition coefficient (Wildman–Crippen LogP) is 3.12. The van der Waals surface area contributed by atoms with Gasteiger partial charge in [-0.2, -0.15) is 0 Å². The number of fused-ring (bicyclic) bond motifs is 1. The van der Waals surface area contributed by atoms with Crippen LogP contribution in [0.4, 0.5) is 0 Å². The van der Waals surface area contributed by atoms with Crippen molar-refractivity contribution in [2.24, 2.45) is 0 Å². The SMILES string of the molecule is BrC1=C2OCCCC2=CCC1. The highest BCUT2D eigenvalue weighted by molar-refractivity contribution is 9.11. The van der Waals surface area contributed by atoms with Crippen molar-refractivity contribution in [2.45, 2.75) is 25.7 Å². The second-order valence-electron chi connectivity index (χ2n) is 2.95. The van der Waals surface area contributed by atoms with E-state index in [1.165, 1.54) is 29.3 Å². The van der Waals surface area contributed by atoms with E-state index in [1.54, 1.807) is 0 Å². The van der Waals surface area contributed by atoms with E-state index < -0.39 is 0 Å². The van der Waals surface area contributed by atoms with Crippen LogP contribution in [0.2, 0.25) is 0 Å². The first-order valence-electron chi connectivity index (χ1n) is 4.09. The second-order valence-corrected chi connectivity index (χ2v) is 3.91. The third-order valence-corrected chi connectivity index (χ3v) is 2.89. The largest absolute Gasteiger partial charge is 0.492 e. The van der Waals surface area contributed by atoms with Crippen LogP contribution in [0.3, 0.4) is 0 Å². The number of allylic oxidation sites excluding steroid dienone is 3. The summed E-state index contributed by atoms with van der Waals surface area (Å²) in [5.74, 6) is 1.13. The van der Waals surface area contributed by atoms with E-state index in [0.717, 1.165) is 18.8 Å². The maximum atomic E-state index is 5.56. The molecule has 0 aromatic rings. The first-order valence-corrected chi connectivity index (χ1v) is 4.88. The van der Waals surface area contributed by atoms with Crippen LogP contribution in [0.15, 0.2) is 21.9 Å². The Morgan fingerprint density at radius 3 is 3.09 bits per heavy atom. The summed E-state index contributed by atoms with van der Waals surface area (Å²) >= 11 is 3.54. The van der Waals surface area contributed by atoms with Crippen molar-refractivity contribution in [3.05, 3.63) is 21.9 Å². The van der Waals surface area contributed by atoms with Crippen LogP contribution in [0, 0.1) is 0 Å². The number of halogens is 1. The van der Waals surface area contributed by atoms with Gasteiger partial charge in [-0.3, -0.25) is 0 Å². The molecule has 1 fully saturated rings. The van der Waals surface area contributed by atoms with Gasteiger partial charge in [0.15, 0.2) is 0 Å². The number of rotatable bonds is 0. The van der Waals surface area contributed by atoms with Crippen molar-refractivity contribution in [1.82, 2.24) is 0 Å². The molecule has 2 rings (SSSR count). The molecular weight excluding hydrogens is 204 g/mol. The zero-order valence-electron chi connectivity index (χ0n) is 6.40. The zero-order chi connectivity index (χ0) is 7.68. The summed E-state index contributed by atoms with van der Waals surface area (Å²) in [4.78, 5) is 0. The Morgan fingerprint density at radius 1 is 1.36 bits per heavy atom. The molecule has 0 atom stereocenters. The first kappa shape index (κ1) is 7.41. The first-order chi connectivity index (χ1) is 5.38. The Labute approximate surface area is 75.2 Å². The molecule has 1 saturated heterocycles. The second kappa shape index (κ2) is 3.02. The van der Waals surface area contributed by atoms with E-state index in [4.69, 9.17) is 4.74 Å². The van der Waals surface area contributed by atoms with Gasteiger partial charge in [0.1, 0.15) is 5.76 Å². The molecule has 0 spiro atoms. The summed E-state index contributed by atoms with van der Waals surface area (Å²) in [5, 5.41) is 0. The molecule has 1 nitrogen and oxygen atoms in total. The normalized spacial score (nSPS) is 23.9. The number of ether oxygens (including phenoxy) is 1. The smallest absolute Gasteiger partial charge is 0.132 e. The molecule has 1 aliphatic carbocycles. The van der Waals surface area contributed by atoms with Crippen molar-refractivity contribution in [1.29, 1.82) is 0 Å². The molecule has 0 aromatic heterocycles. The molecule has 2 aliphatic rings. The van der Waals surface area contributed by atoms with Gasteiger partial charge in [0.2, 0.25) is 0 Å². The molecule has 0 bridgehead atoms. The Kier molecular flexibility index (Phi) is 2.03. The van der Waals surface area contributed by atoms with Crippen molar-refractivity contribution >= 4 is 15.9 Å². The van der Waals surface area contributed by atoms with Crippen LogP contribution < -0.4 is 0 Å². The molecule has 60 valence electrons. The lowest BCUT2D eigenvalue weighted by molar-refractivity contribution is 0.190. The highest BCUT2D eigenvalue weighted by Crippen LogP contribution is 2.34. The highest BCUT2D eigenvalue weighted by atomic mass is 79.9. The fraction of sp³-hybridized carbons (Fsp3) is 0.556. The molecule has 1 heterocycles. The average Bonchev–Trinajstić information content (AvgIpc) is 2.06. The monoisotopic (exact) mass is 214 g/mol. The van der Waals surface area contributed by atoms with E-state index in [-0.39, 0.29) is 0 Å². The average molecular weight is 215 g/mol. The van der Waals surface area contributed by atoms with Crippen LogP contribution in [0.1, 0.15) is 25.7 Å². The maximum absolute atomic E-state index is 5.56. The van der Waals surface area contributed by atoms with Gasteiger partial charge in [-0.15, -0.1) is 0 Å². The van der Waals surface area contributed by atoms with E-state index in [1.807, 2.05) is 0 Å². The fourth-order valence-corrected chi connectivity index (χ4v) is 2.18. The maximum Gasteiger partial charge on any atom is 0.132 e. The predicted molar refractivity (Wildman–Crippen MR) is 48.5 cm³/mol. The summed E-state index contributed by atoms with van der Waals surface area (Å²) in [6, 6.07) is 0. The molecule has 11 heavy (non-hydrogen) atoms. The molecule has 0 radical (unpaired) electrons. The van der Waals surface area contributed by atoms with Crippen LogP contribution in [0.5, 0.6) is 0 Å². The summed E-state index contributed by atoms with van der Waals surface area (Å²) in [6.45, 7) is 0.891. The molecule has 0 saturated carbocycles. The third-order valence-electron chi connectivity index (χ3n) is 2.13. The number of hydrogen-bond acceptors (Lipinski definition) is 1. The number of hydrogen-bond donors (Lipinski definition) is 0. The molecular formula is C9H11BrO. The molecule has 0 amide bonds. The van der Waals surface area contributed by atoms with Gasteiger partial charge < -0.3 is 4.74 Å². The fourth-order valence-electron chi connectivity index (χ4n) is 1.58. The minimum Gasteiger partial charge on any atom is -0.492 e. The van der Waals surface area contributed by atoms with Crippen molar-refractivity contribution < 1.29 is 4.74 Å². The standard InChI is InChI=1S/C9H11BrO/c10-8-5-1-3-7-4-2-6-11-9(7)8/h3H,1-2,4-6H2. The van der Waals surface area contributed by atoms with Gasteiger partial charge >= 0.3 is 0 Å². The van der Waals surface area contributed by atoms with Gasteiger partial charge in [0, 0.05) is 4.48 Å². The Morgan fingerprint density at radius 2 is 2.27 bits per heavy atom. The van der Waals surface area contributed by atoms with Crippen molar-refractivity contribution in [2.75, 3.05) is 6.61 Å². The molecule has 2 heteroatoms. The van der Waals surface area contributed by atoms with Gasteiger partial charge in [-0.25, -0.2) is 0 Å². The minimum atomic E-state index is 0.891. The third kappa shape index (κ3) is 1.36. The lowest BCUT2D eigenvalue weighted by atomic mass is 9.99.